The topological polar surface area (TPSA) is 49.3 Å². The van der Waals surface area contributed by atoms with Crippen molar-refractivity contribution in [3.8, 4) is 0 Å². The van der Waals surface area contributed by atoms with Gasteiger partial charge in [-0.3, -0.25) is 4.79 Å². The molecular formula is C15H14ClFN4O. The second-order valence-corrected chi connectivity index (χ2v) is 5.29. The summed E-state index contributed by atoms with van der Waals surface area (Å²) >= 11 is 5.63. The average molecular weight is 321 g/mol. The maximum absolute atomic E-state index is 13.9. The third-order valence-corrected chi connectivity index (χ3v) is 3.88. The highest BCUT2D eigenvalue weighted by Crippen LogP contribution is 2.19. The standard InChI is InChI=1S/C15H14ClFN4O/c16-14-13(17)11(4-6-19-14)15(22)21-9-7-20(8-10-21)12-3-1-2-5-18-12/h1-6H,7-10H2. The van der Waals surface area contributed by atoms with Crippen molar-refractivity contribution in [1.82, 2.24) is 14.9 Å². The van der Waals surface area contributed by atoms with E-state index in [0.29, 0.717) is 26.2 Å². The maximum atomic E-state index is 13.9. The molecule has 114 valence electrons. The first kappa shape index (κ1) is 14.7. The monoisotopic (exact) mass is 320 g/mol. The second kappa shape index (κ2) is 6.27. The third-order valence-electron chi connectivity index (χ3n) is 3.62. The third kappa shape index (κ3) is 2.87. The number of carbonyl (C=O) groups is 1. The van der Waals surface area contributed by atoms with Gasteiger partial charge in [0.1, 0.15) is 5.82 Å². The van der Waals surface area contributed by atoms with Crippen molar-refractivity contribution in [2.24, 2.45) is 0 Å². The van der Waals surface area contributed by atoms with Gasteiger partial charge in [0.05, 0.1) is 5.56 Å². The van der Waals surface area contributed by atoms with Crippen molar-refractivity contribution in [3.63, 3.8) is 0 Å². The van der Waals surface area contributed by atoms with Crippen molar-refractivity contribution in [3.05, 3.63) is 53.2 Å². The largest absolute Gasteiger partial charge is 0.353 e. The zero-order chi connectivity index (χ0) is 15.5. The van der Waals surface area contributed by atoms with Crippen LogP contribution in [0.1, 0.15) is 10.4 Å². The Balaban J connectivity index is 1.69. The van der Waals surface area contributed by atoms with E-state index in [1.54, 1.807) is 11.1 Å². The first-order valence-corrected chi connectivity index (χ1v) is 7.30. The van der Waals surface area contributed by atoms with Crippen LogP contribution in [0.5, 0.6) is 0 Å². The minimum Gasteiger partial charge on any atom is -0.353 e. The van der Waals surface area contributed by atoms with Crippen molar-refractivity contribution < 1.29 is 9.18 Å². The summed E-state index contributed by atoms with van der Waals surface area (Å²) in [5.74, 6) is -0.239. The average Bonchev–Trinajstić information content (AvgIpc) is 2.58. The molecule has 1 aliphatic heterocycles. The molecule has 0 N–H and O–H groups in total. The number of rotatable bonds is 2. The highest BCUT2D eigenvalue weighted by molar-refractivity contribution is 6.29. The molecule has 3 rings (SSSR count). The molecule has 1 amide bonds. The quantitative estimate of drug-likeness (QED) is 0.796. The summed E-state index contributed by atoms with van der Waals surface area (Å²) in [6.07, 6.45) is 3.07. The number of piperazine rings is 1. The molecule has 22 heavy (non-hydrogen) atoms. The molecule has 0 radical (unpaired) electrons. The van der Waals surface area contributed by atoms with Crippen LogP contribution in [0.15, 0.2) is 36.7 Å². The Bertz CT molecular complexity index is 674. The molecule has 2 aromatic heterocycles. The first-order chi connectivity index (χ1) is 10.7. The highest BCUT2D eigenvalue weighted by Gasteiger charge is 2.25. The van der Waals surface area contributed by atoms with Gasteiger partial charge in [0.2, 0.25) is 0 Å². The fraction of sp³-hybridized carbons (Fsp3) is 0.267. The van der Waals surface area contributed by atoms with Gasteiger partial charge in [-0.05, 0) is 18.2 Å². The molecule has 1 saturated heterocycles. The van der Waals surface area contributed by atoms with E-state index in [0.717, 1.165) is 5.82 Å². The SMILES string of the molecule is O=C(c1ccnc(Cl)c1F)N1CCN(c2ccccn2)CC1. The van der Waals surface area contributed by atoms with Gasteiger partial charge in [-0.15, -0.1) is 0 Å². The molecule has 0 spiro atoms. The Hall–Kier alpha value is -2.21. The van der Waals surface area contributed by atoms with E-state index in [1.807, 2.05) is 18.2 Å². The van der Waals surface area contributed by atoms with Gasteiger partial charge in [-0.1, -0.05) is 17.7 Å². The smallest absolute Gasteiger partial charge is 0.257 e. The van der Waals surface area contributed by atoms with E-state index in [1.165, 1.54) is 12.3 Å². The summed E-state index contributed by atoms with van der Waals surface area (Å²) < 4.78 is 13.9. The van der Waals surface area contributed by atoms with E-state index >= 15 is 0 Å². The Morgan fingerprint density at radius 1 is 1.09 bits per heavy atom. The summed E-state index contributed by atoms with van der Waals surface area (Å²) in [5.41, 5.74) is -0.0358. The zero-order valence-electron chi connectivity index (χ0n) is 11.7. The fourth-order valence-electron chi connectivity index (χ4n) is 2.43. The van der Waals surface area contributed by atoms with Crippen molar-refractivity contribution in [2.75, 3.05) is 31.1 Å². The van der Waals surface area contributed by atoms with Crippen LogP contribution in [0, 0.1) is 5.82 Å². The van der Waals surface area contributed by atoms with Crippen LogP contribution in [-0.4, -0.2) is 47.0 Å². The summed E-state index contributed by atoms with van der Waals surface area (Å²) in [7, 11) is 0. The number of aromatic nitrogens is 2. The molecule has 1 fully saturated rings. The minimum atomic E-state index is -0.763. The van der Waals surface area contributed by atoms with Crippen LogP contribution in [0.25, 0.3) is 0 Å². The molecule has 3 heterocycles. The van der Waals surface area contributed by atoms with Gasteiger partial charge >= 0.3 is 0 Å². The van der Waals surface area contributed by atoms with Crippen LogP contribution < -0.4 is 4.90 Å². The molecule has 0 saturated carbocycles. The Morgan fingerprint density at radius 2 is 1.86 bits per heavy atom. The van der Waals surface area contributed by atoms with Crippen molar-refractivity contribution in [2.45, 2.75) is 0 Å². The molecule has 0 atom stereocenters. The van der Waals surface area contributed by atoms with E-state index in [2.05, 4.69) is 14.9 Å². The lowest BCUT2D eigenvalue weighted by molar-refractivity contribution is 0.0741. The summed E-state index contributed by atoms with van der Waals surface area (Å²) in [6, 6.07) is 7.07. The highest BCUT2D eigenvalue weighted by atomic mass is 35.5. The van der Waals surface area contributed by atoms with Gasteiger partial charge in [0.15, 0.2) is 11.0 Å². The lowest BCUT2D eigenvalue weighted by Gasteiger charge is -2.35. The van der Waals surface area contributed by atoms with Crippen LogP contribution >= 0.6 is 11.6 Å². The number of anilines is 1. The van der Waals surface area contributed by atoms with E-state index < -0.39 is 5.82 Å². The zero-order valence-corrected chi connectivity index (χ0v) is 12.5. The van der Waals surface area contributed by atoms with E-state index in [4.69, 9.17) is 11.6 Å². The van der Waals surface area contributed by atoms with Crippen LogP contribution in [0.3, 0.4) is 0 Å². The van der Waals surface area contributed by atoms with Crippen LogP contribution in [0.4, 0.5) is 10.2 Å². The molecule has 7 heteroatoms. The Morgan fingerprint density at radius 3 is 2.55 bits per heavy atom. The summed E-state index contributed by atoms with van der Waals surface area (Å²) in [6.45, 7) is 2.33. The van der Waals surface area contributed by atoms with Gasteiger partial charge in [0.25, 0.3) is 5.91 Å². The normalized spacial score (nSPS) is 15.0. The molecule has 5 nitrogen and oxygen atoms in total. The molecule has 0 unspecified atom stereocenters. The lowest BCUT2D eigenvalue weighted by Crippen LogP contribution is -2.49. The number of halogens is 2. The second-order valence-electron chi connectivity index (χ2n) is 4.93. The molecule has 0 aliphatic carbocycles. The summed E-state index contributed by atoms with van der Waals surface area (Å²) in [5, 5.41) is -0.280. The van der Waals surface area contributed by atoms with Crippen LogP contribution in [-0.2, 0) is 0 Å². The van der Waals surface area contributed by atoms with Crippen LogP contribution in [0.2, 0.25) is 5.15 Å². The van der Waals surface area contributed by atoms with Gasteiger partial charge in [-0.2, -0.15) is 0 Å². The number of hydrogen-bond acceptors (Lipinski definition) is 4. The molecule has 1 aliphatic rings. The van der Waals surface area contributed by atoms with Crippen molar-refractivity contribution >= 4 is 23.3 Å². The Labute approximate surface area is 132 Å². The number of carbonyl (C=O) groups excluding carboxylic acids is 1. The first-order valence-electron chi connectivity index (χ1n) is 6.92. The number of pyridine rings is 2. The predicted octanol–water partition coefficient (Wildman–Crippen LogP) is 2.23. The molecule has 0 aromatic carbocycles. The molecular weight excluding hydrogens is 307 g/mol. The van der Waals surface area contributed by atoms with E-state index in [-0.39, 0.29) is 16.6 Å². The molecule has 2 aromatic rings. The van der Waals surface area contributed by atoms with Gasteiger partial charge in [-0.25, -0.2) is 14.4 Å². The fourth-order valence-corrected chi connectivity index (χ4v) is 2.59. The number of amides is 1. The summed E-state index contributed by atoms with van der Waals surface area (Å²) in [4.78, 5) is 24.0. The minimum absolute atomic E-state index is 0.0358. The maximum Gasteiger partial charge on any atom is 0.257 e. The molecule has 0 bridgehead atoms. The van der Waals surface area contributed by atoms with Gasteiger partial charge < -0.3 is 9.80 Å². The predicted molar refractivity (Wildman–Crippen MR) is 81.6 cm³/mol. The number of nitrogens with zero attached hydrogens (tertiary/aromatic N) is 4. The van der Waals surface area contributed by atoms with Gasteiger partial charge in [0, 0.05) is 38.6 Å². The number of hydrogen-bond donors (Lipinski definition) is 0. The van der Waals surface area contributed by atoms with Crippen molar-refractivity contribution in [1.29, 1.82) is 0 Å². The van der Waals surface area contributed by atoms with E-state index in [9.17, 15) is 9.18 Å². The lowest BCUT2D eigenvalue weighted by atomic mass is 10.2. The Kier molecular flexibility index (Phi) is 4.20.